The van der Waals surface area contributed by atoms with Crippen molar-refractivity contribution in [3.63, 3.8) is 0 Å². The Kier molecular flexibility index (Phi) is 7.41. The third-order valence-electron chi connectivity index (χ3n) is 4.18. The fraction of sp³-hybridized carbons (Fsp3) is 0.867. The third kappa shape index (κ3) is 5.00. The summed E-state index contributed by atoms with van der Waals surface area (Å²) >= 11 is 1.86. The van der Waals surface area contributed by atoms with Crippen molar-refractivity contribution in [2.24, 2.45) is 17.8 Å². The second kappa shape index (κ2) is 8.55. The average molecular weight is 301 g/mol. The van der Waals surface area contributed by atoms with E-state index >= 15 is 0 Å². The number of aliphatic carboxylic acids is 1. The summed E-state index contributed by atoms with van der Waals surface area (Å²) in [6.45, 7) is 6.18. The molecule has 20 heavy (non-hydrogen) atoms. The molecule has 1 aliphatic carbocycles. The number of nitrogens with one attached hydrogen (secondary N) is 1. The fourth-order valence-electron chi connectivity index (χ4n) is 2.87. The highest BCUT2D eigenvalue weighted by molar-refractivity contribution is 7.99. The molecule has 0 aromatic heterocycles. The molecule has 2 N–H and O–H groups in total. The molecule has 0 aliphatic heterocycles. The van der Waals surface area contributed by atoms with Gasteiger partial charge in [0.15, 0.2) is 0 Å². The lowest BCUT2D eigenvalue weighted by molar-refractivity contribution is -0.146. The predicted octanol–water partition coefficient (Wildman–Crippen LogP) is 2.77. The molecule has 0 aromatic carbocycles. The number of carboxylic acids is 1. The standard InChI is InChI=1S/C15H27NO3S/c1-4-11-8-12(13(9-11)15(18)19)14(17)16-10(3)6-7-20-5-2/h10-13H,4-9H2,1-3H3,(H,16,17)(H,18,19)/t10?,11?,12-,13+/m0/s1. The van der Waals surface area contributed by atoms with Crippen molar-refractivity contribution in [3.05, 3.63) is 0 Å². The highest BCUT2D eigenvalue weighted by Crippen LogP contribution is 2.38. The fourth-order valence-corrected chi connectivity index (χ4v) is 3.67. The molecule has 0 aromatic rings. The zero-order chi connectivity index (χ0) is 15.1. The molecule has 5 heteroatoms. The Labute approximate surface area is 126 Å². The number of thioether (sulfide) groups is 1. The largest absolute Gasteiger partial charge is 0.481 e. The van der Waals surface area contributed by atoms with E-state index in [1.54, 1.807) is 0 Å². The lowest BCUT2D eigenvalue weighted by Gasteiger charge is -2.19. The van der Waals surface area contributed by atoms with E-state index in [9.17, 15) is 14.7 Å². The molecule has 116 valence electrons. The van der Waals surface area contributed by atoms with Crippen LogP contribution >= 0.6 is 11.8 Å². The van der Waals surface area contributed by atoms with E-state index in [-0.39, 0.29) is 17.9 Å². The van der Waals surface area contributed by atoms with Gasteiger partial charge in [0.2, 0.25) is 5.91 Å². The number of carbonyl (C=O) groups is 2. The van der Waals surface area contributed by atoms with Gasteiger partial charge in [0, 0.05) is 6.04 Å². The maximum Gasteiger partial charge on any atom is 0.307 e. The minimum atomic E-state index is -0.824. The Morgan fingerprint density at radius 3 is 2.50 bits per heavy atom. The molecule has 1 aliphatic rings. The van der Waals surface area contributed by atoms with Crippen molar-refractivity contribution >= 4 is 23.6 Å². The molecule has 4 nitrogen and oxygen atoms in total. The van der Waals surface area contributed by atoms with Crippen LogP contribution in [0.5, 0.6) is 0 Å². The first-order valence-corrected chi connectivity index (χ1v) is 8.75. The monoisotopic (exact) mass is 301 g/mol. The Morgan fingerprint density at radius 1 is 1.30 bits per heavy atom. The van der Waals surface area contributed by atoms with Crippen LogP contribution in [0.4, 0.5) is 0 Å². The Hall–Kier alpha value is -0.710. The predicted molar refractivity (Wildman–Crippen MR) is 82.9 cm³/mol. The minimum Gasteiger partial charge on any atom is -0.481 e. The van der Waals surface area contributed by atoms with Crippen LogP contribution in [0, 0.1) is 17.8 Å². The molecule has 0 bridgehead atoms. The topological polar surface area (TPSA) is 66.4 Å². The van der Waals surface area contributed by atoms with E-state index in [0.717, 1.165) is 30.8 Å². The molecule has 0 saturated heterocycles. The third-order valence-corrected chi connectivity index (χ3v) is 5.11. The van der Waals surface area contributed by atoms with Crippen molar-refractivity contribution in [2.45, 2.75) is 52.5 Å². The second-order valence-electron chi connectivity index (χ2n) is 5.69. The van der Waals surface area contributed by atoms with Crippen LogP contribution < -0.4 is 5.32 Å². The quantitative estimate of drug-likeness (QED) is 0.677. The van der Waals surface area contributed by atoms with Gasteiger partial charge in [-0.3, -0.25) is 9.59 Å². The average Bonchev–Trinajstić information content (AvgIpc) is 2.83. The lowest BCUT2D eigenvalue weighted by Crippen LogP contribution is -2.40. The number of rotatable bonds is 8. The van der Waals surface area contributed by atoms with Crippen molar-refractivity contribution in [1.29, 1.82) is 0 Å². The van der Waals surface area contributed by atoms with Crippen LogP contribution in [-0.2, 0) is 9.59 Å². The summed E-state index contributed by atoms with van der Waals surface area (Å²) in [5.41, 5.74) is 0. The summed E-state index contributed by atoms with van der Waals surface area (Å²) < 4.78 is 0. The molecule has 1 saturated carbocycles. The maximum absolute atomic E-state index is 12.3. The summed E-state index contributed by atoms with van der Waals surface area (Å²) in [6.07, 6.45) is 3.25. The molecule has 1 fully saturated rings. The van der Waals surface area contributed by atoms with E-state index < -0.39 is 11.9 Å². The van der Waals surface area contributed by atoms with Gasteiger partial charge in [-0.15, -0.1) is 0 Å². The van der Waals surface area contributed by atoms with E-state index in [2.05, 4.69) is 19.2 Å². The van der Waals surface area contributed by atoms with Crippen molar-refractivity contribution in [3.8, 4) is 0 Å². The SMILES string of the molecule is CCSCCC(C)NC(=O)[C@H]1CC(CC)C[C@H]1C(=O)O. The van der Waals surface area contributed by atoms with Crippen molar-refractivity contribution < 1.29 is 14.7 Å². The lowest BCUT2D eigenvalue weighted by atomic mass is 9.95. The van der Waals surface area contributed by atoms with E-state index in [1.807, 2.05) is 18.7 Å². The van der Waals surface area contributed by atoms with Gasteiger partial charge < -0.3 is 10.4 Å². The van der Waals surface area contributed by atoms with Crippen LogP contribution in [0.15, 0.2) is 0 Å². The Balaban J connectivity index is 2.50. The van der Waals surface area contributed by atoms with Gasteiger partial charge in [0.25, 0.3) is 0 Å². The Bertz CT molecular complexity index is 335. The van der Waals surface area contributed by atoms with Gasteiger partial charge in [-0.2, -0.15) is 11.8 Å². The van der Waals surface area contributed by atoms with Gasteiger partial charge in [0.1, 0.15) is 0 Å². The van der Waals surface area contributed by atoms with E-state index in [0.29, 0.717) is 12.3 Å². The summed E-state index contributed by atoms with van der Waals surface area (Å²) in [7, 11) is 0. The van der Waals surface area contributed by atoms with Crippen LogP contribution in [-0.4, -0.2) is 34.5 Å². The smallest absolute Gasteiger partial charge is 0.307 e. The van der Waals surface area contributed by atoms with Crippen molar-refractivity contribution in [2.75, 3.05) is 11.5 Å². The molecule has 1 amide bonds. The Morgan fingerprint density at radius 2 is 1.95 bits per heavy atom. The first-order chi connectivity index (χ1) is 9.49. The van der Waals surface area contributed by atoms with Crippen LogP contribution in [0.3, 0.4) is 0 Å². The minimum absolute atomic E-state index is 0.0673. The zero-order valence-electron chi connectivity index (χ0n) is 12.7. The first kappa shape index (κ1) is 17.3. The number of hydrogen-bond donors (Lipinski definition) is 2. The number of hydrogen-bond acceptors (Lipinski definition) is 3. The molecule has 0 spiro atoms. The number of carbonyl (C=O) groups excluding carboxylic acids is 1. The second-order valence-corrected chi connectivity index (χ2v) is 7.09. The molecular formula is C15H27NO3S. The molecule has 4 atom stereocenters. The zero-order valence-corrected chi connectivity index (χ0v) is 13.5. The molecule has 2 unspecified atom stereocenters. The van der Waals surface area contributed by atoms with Gasteiger partial charge in [0.05, 0.1) is 11.8 Å². The van der Waals surface area contributed by atoms with Crippen LogP contribution in [0.25, 0.3) is 0 Å². The van der Waals surface area contributed by atoms with Gasteiger partial charge in [-0.25, -0.2) is 0 Å². The molecule has 1 rings (SSSR count). The van der Waals surface area contributed by atoms with Crippen LogP contribution in [0.2, 0.25) is 0 Å². The molecule has 0 radical (unpaired) electrons. The molecular weight excluding hydrogens is 274 g/mol. The van der Waals surface area contributed by atoms with Gasteiger partial charge >= 0.3 is 5.97 Å². The van der Waals surface area contributed by atoms with E-state index in [4.69, 9.17) is 0 Å². The molecule has 0 heterocycles. The van der Waals surface area contributed by atoms with Gasteiger partial charge in [-0.05, 0) is 43.6 Å². The number of carboxylic acid groups (broad SMARTS) is 1. The summed E-state index contributed by atoms with van der Waals surface area (Å²) in [5.74, 6) is 0.747. The van der Waals surface area contributed by atoms with Crippen LogP contribution in [0.1, 0.15) is 46.5 Å². The normalized spacial score (nSPS) is 27.2. The number of amides is 1. The summed E-state index contributed by atoms with van der Waals surface area (Å²) in [6, 6.07) is 0.122. The highest BCUT2D eigenvalue weighted by atomic mass is 32.2. The highest BCUT2D eigenvalue weighted by Gasteiger charge is 2.42. The summed E-state index contributed by atoms with van der Waals surface area (Å²) in [4.78, 5) is 23.6. The van der Waals surface area contributed by atoms with Crippen molar-refractivity contribution in [1.82, 2.24) is 5.32 Å². The van der Waals surface area contributed by atoms with E-state index in [1.165, 1.54) is 0 Å². The maximum atomic E-state index is 12.3. The summed E-state index contributed by atoms with van der Waals surface area (Å²) in [5, 5.41) is 12.3. The first-order valence-electron chi connectivity index (χ1n) is 7.60. The van der Waals surface area contributed by atoms with Gasteiger partial charge in [-0.1, -0.05) is 20.3 Å².